The number of carboxylic acids is 1. The predicted molar refractivity (Wildman–Crippen MR) is 81.2 cm³/mol. The lowest BCUT2D eigenvalue weighted by Gasteiger charge is -2.18. The molecule has 3 rings (SSSR count). The highest BCUT2D eigenvalue weighted by Gasteiger charge is 2.54. The zero-order valence-electron chi connectivity index (χ0n) is 12.6. The predicted octanol–water partition coefficient (Wildman–Crippen LogP) is 2.12. The van der Waals surface area contributed by atoms with E-state index in [1.54, 1.807) is 12.1 Å². The summed E-state index contributed by atoms with van der Waals surface area (Å²) >= 11 is 0. The Labute approximate surface area is 140 Å². The van der Waals surface area contributed by atoms with Crippen molar-refractivity contribution >= 4 is 26.9 Å². The molecule has 2 heterocycles. The lowest BCUT2D eigenvalue weighted by molar-refractivity contribution is -0.187. The first-order valence-corrected chi connectivity index (χ1v) is 8.69. The van der Waals surface area contributed by atoms with Gasteiger partial charge in [0, 0.05) is 24.7 Å². The van der Waals surface area contributed by atoms with Crippen molar-refractivity contribution in [1.82, 2.24) is 9.29 Å². The van der Waals surface area contributed by atoms with E-state index in [9.17, 15) is 26.4 Å². The summed E-state index contributed by atoms with van der Waals surface area (Å²) in [4.78, 5) is 15.0. The molecule has 0 saturated carbocycles. The van der Waals surface area contributed by atoms with Crippen molar-refractivity contribution in [3.05, 3.63) is 36.5 Å². The number of alkyl halides is 3. The van der Waals surface area contributed by atoms with Crippen LogP contribution < -0.4 is 0 Å². The van der Waals surface area contributed by atoms with E-state index in [0.29, 0.717) is 15.2 Å². The van der Waals surface area contributed by atoms with E-state index < -0.39 is 47.1 Å². The van der Waals surface area contributed by atoms with E-state index in [1.165, 1.54) is 24.4 Å². The summed E-state index contributed by atoms with van der Waals surface area (Å²) < 4.78 is 65.1. The fourth-order valence-corrected chi connectivity index (χ4v) is 4.44. The second-order valence-electron chi connectivity index (χ2n) is 5.77. The van der Waals surface area contributed by atoms with Gasteiger partial charge in [0.15, 0.2) is 0 Å². The van der Waals surface area contributed by atoms with E-state index in [-0.39, 0.29) is 4.90 Å². The van der Waals surface area contributed by atoms with Gasteiger partial charge in [0.05, 0.1) is 22.2 Å². The second-order valence-corrected chi connectivity index (χ2v) is 7.71. The molecule has 0 radical (unpaired) electrons. The molecule has 1 aliphatic rings. The van der Waals surface area contributed by atoms with Gasteiger partial charge in [0.25, 0.3) is 0 Å². The zero-order chi connectivity index (χ0) is 18.4. The van der Waals surface area contributed by atoms with E-state index >= 15 is 0 Å². The van der Waals surface area contributed by atoms with Crippen molar-refractivity contribution in [2.45, 2.75) is 11.1 Å². The Morgan fingerprint density at radius 3 is 2.56 bits per heavy atom. The highest BCUT2D eigenvalue weighted by atomic mass is 32.2. The van der Waals surface area contributed by atoms with Crippen LogP contribution in [0, 0.1) is 11.8 Å². The minimum atomic E-state index is -4.79. The maximum Gasteiger partial charge on any atom is 0.393 e. The molecule has 1 aromatic heterocycles. The van der Waals surface area contributed by atoms with Crippen LogP contribution in [0.1, 0.15) is 0 Å². The van der Waals surface area contributed by atoms with Crippen molar-refractivity contribution in [2.75, 3.05) is 13.1 Å². The van der Waals surface area contributed by atoms with Gasteiger partial charge in [0.2, 0.25) is 10.0 Å². The van der Waals surface area contributed by atoms with Crippen LogP contribution in [-0.2, 0) is 14.8 Å². The number of pyridine rings is 1. The van der Waals surface area contributed by atoms with Gasteiger partial charge in [0.1, 0.15) is 0 Å². The number of hydrogen-bond donors (Lipinski definition) is 1. The number of aromatic nitrogens is 1. The highest BCUT2D eigenvalue weighted by Crippen LogP contribution is 2.39. The largest absolute Gasteiger partial charge is 0.481 e. The Kier molecular flexibility index (Phi) is 4.20. The number of aliphatic carboxylic acids is 1. The van der Waals surface area contributed by atoms with Crippen molar-refractivity contribution in [2.24, 2.45) is 11.8 Å². The number of carbonyl (C=O) groups is 1. The zero-order valence-corrected chi connectivity index (χ0v) is 13.5. The van der Waals surface area contributed by atoms with Crippen LogP contribution >= 0.6 is 0 Å². The van der Waals surface area contributed by atoms with Crippen molar-refractivity contribution in [3.8, 4) is 0 Å². The van der Waals surface area contributed by atoms with Crippen LogP contribution in [0.4, 0.5) is 13.2 Å². The van der Waals surface area contributed by atoms with Gasteiger partial charge in [-0.3, -0.25) is 9.78 Å². The minimum absolute atomic E-state index is 0.194. The molecule has 1 aliphatic heterocycles. The molecule has 25 heavy (non-hydrogen) atoms. The fraction of sp³-hybridized carbons (Fsp3) is 0.333. The number of carboxylic acid groups (broad SMARTS) is 1. The van der Waals surface area contributed by atoms with Gasteiger partial charge in [-0.1, -0.05) is 6.07 Å². The van der Waals surface area contributed by atoms with Crippen LogP contribution in [0.5, 0.6) is 0 Å². The molecule has 1 aromatic carbocycles. The Hall–Kier alpha value is -2.20. The normalized spacial score (nSPS) is 22.4. The number of sulfonamides is 1. The minimum Gasteiger partial charge on any atom is -0.481 e. The summed E-state index contributed by atoms with van der Waals surface area (Å²) in [5, 5.41) is 9.53. The van der Waals surface area contributed by atoms with Crippen molar-refractivity contribution in [3.63, 3.8) is 0 Å². The fourth-order valence-electron chi connectivity index (χ4n) is 2.91. The Morgan fingerprint density at radius 1 is 1.24 bits per heavy atom. The first-order valence-electron chi connectivity index (χ1n) is 7.25. The molecule has 6 nitrogen and oxygen atoms in total. The number of halogens is 3. The number of fused-ring (bicyclic) bond motifs is 1. The molecule has 0 aliphatic carbocycles. The summed E-state index contributed by atoms with van der Waals surface area (Å²) in [6.07, 6.45) is -3.26. The molecular weight excluding hydrogens is 361 g/mol. The topological polar surface area (TPSA) is 87.6 Å². The molecule has 1 N–H and O–H groups in total. The van der Waals surface area contributed by atoms with Crippen LogP contribution in [0.25, 0.3) is 10.9 Å². The molecule has 0 bridgehead atoms. The first kappa shape index (κ1) is 17.6. The number of nitrogens with zero attached hydrogens (tertiary/aromatic N) is 2. The molecule has 0 unspecified atom stereocenters. The van der Waals surface area contributed by atoms with E-state index in [2.05, 4.69) is 4.98 Å². The highest BCUT2D eigenvalue weighted by molar-refractivity contribution is 7.89. The van der Waals surface area contributed by atoms with Crippen LogP contribution in [0.15, 0.2) is 41.4 Å². The lowest BCUT2D eigenvalue weighted by Crippen LogP contribution is -2.34. The van der Waals surface area contributed by atoms with Gasteiger partial charge in [-0.25, -0.2) is 8.42 Å². The molecule has 134 valence electrons. The van der Waals surface area contributed by atoms with E-state index in [1.807, 2.05) is 0 Å². The number of hydrogen-bond acceptors (Lipinski definition) is 4. The van der Waals surface area contributed by atoms with Gasteiger partial charge < -0.3 is 5.11 Å². The molecule has 0 spiro atoms. The lowest BCUT2D eigenvalue weighted by atomic mass is 9.96. The van der Waals surface area contributed by atoms with E-state index in [4.69, 9.17) is 5.11 Å². The monoisotopic (exact) mass is 374 g/mol. The van der Waals surface area contributed by atoms with Crippen LogP contribution in [-0.4, -0.2) is 48.0 Å². The molecular formula is C15H13F3N2O4S. The molecule has 2 aromatic rings. The summed E-state index contributed by atoms with van der Waals surface area (Å²) in [6, 6.07) is 7.25. The SMILES string of the molecule is O=C(O)[C@@H]1CN(S(=O)(=O)c2ccc3ncccc3c2)C[C@H]1C(F)(F)F. The Balaban J connectivity index is 1.97. The standard InChI is InChI=1S/C15H13F3N2O4S/c16-15(17,18)12-8-20(7-11(12)14(21)22)25(23,24)10-3-4-13-9(6-10)2-1-5-19-13/h1-6,11-12H,7-8H2,(H,21,22)/t11-,12-/m1/s1. The molecule has 0 amide bonds. The molecule has 2 atom stereocenters. The third kappa shape index (κ3) is 3.19. The van der Waals surface area contributed by atoms with Gasteiger partial charge in [-0.15, -0.1) is 0 Å². The third-order valence-corrected chi connectivity index (χ3v) is 6.06. The van der Waals surface area contributed by atoms with Crippen LogP contribution in [0.2, 0.25) is 0 Å². The summed E-state index contributed by atoms with van der Waals surface area (Å²) in [5.41, 5.74) is 0.541. The first-order chi connectivity index (χ1) is 11.6. The summed E-state index contributed by atoms with van der Waals surface area (Å²) in [5.74, 6) is -5.72. The van der Waals surface area contributed by atoms with Crippen LogP contribution in [0.3, 0.4) is 0 Å². The van der Waals surface area contributed by atoms with Gasteiger partial charge in [-0.2, -0.15) is 17.5 Å². The van der Waals surface area contributed by atoms with Crippen molar-refractivity contribution < 1.29 is 31.5 Å². The third-order valence-electron chi connectivity index (χ3n) is 4.24. The molecule has 1 fully saturated rings. The Morgan fingerprint density at radius 2 is 1.96 bits per heavy atom. The maximum absolute atomic E-state index is 13.1. The molecule has 10 heteroatoms. The van der Waals surface area contributed by atoms with E-state index in [0.717, 1.165) is 0 Å². The number of rotatable bonds is 3. The van der Waals surface area contributed by atoms with Gasteiger partial charge in [-0.05, 0) is 24.3 Å². The van der Waals surface area contributed by atoms with Gasteiger partial charge >= 0.3 is 12.1 Å². The summed E-state index contributed by atoms with van der Waals surface area (Å²) in [6.45, 7) is -1.62. The summed E-state index contributed by atoms with van der Waals surface area (Å²) in [7, 11) is -4.25. The smallest absolute Gasteiger partial charge is 0.393 e. The average Bonchev–Trinajstić information content (AvgIpc) is 3.01. The van der Waals surface area contributed by atoms with Crippen molar-refractivity contribution in [1.29, 1.82) is 0 Å². The quantitative estimate of drug-likeness (QED) is 0.889. The maximum atomic E-state index is 13.1. The Bertz CT molecular complexity index is 930. The average molecular weight is 374 g/mol. The second kappa shape index (κ2) is 5.95. The molecule has 1 saturated heterocycles. The number of benzene rings is 1.